The van der Waals surface area contributed by atoms with Crippen molar-refractivity contribution < 1.29 is 13.2 Å². The second kappa shape index (κ2) is 8.34. The number of halogens is 3. The summed E-state index contributed by atoms with van der Waals surface area (Å²) in [5.41, 5.74) is 0.243. The van der Waals surface area contributed by atoms with Crippen LogP contribution in [0.4, 0.5) is 13.2 Å². The Morgan fingerprint density at radius 1 is 1.04 bits per heavy atom. The summed E-state index contributed by atoms with van der Waals surface area (Å²) in [4.78, 5) is 12.3. The summed E-state index contributed by atoms with van der Waals surface area (Å²) >= 11 is 2.59. The van der Waals surface area contributed by atoms with Crippen molar-refractivity contribution in [2.45, 2.75) is 45.3 Å². The molecule has 0 aliphatic rings. The van der Waals surface area contributed by atoms with Crippen LogP contribution in [-0.2, 0) is 24.6 Å². The van der Waals surface area contributed by atoms with Crippen molar-refractivity contribution in [3.8, 4) is 0 Å². The highest BCUT2D eigenvalue weighted by Crippen LogP contribution is 2.29. The van der Waals surface area contributed by atoms with Crippen molar-refractivity contribution in [3.05, 3.63) is 32.2 Å². The smallest absolute Gasteiger partial charge is 0.356 e. The average Bonchev–Trinajstić information content (AvgIpc) is 3.18. The number of nitrogens with zero attached hydrogens (tertiary/aromatic N) is 3. The lowest BCUT2D eigenvalue weighted by Gasteiger charge is -2.14. The number of hydrogen-bond donors (Lipinski definition) is 2. The number of thiazole rings is 2. The van der Waals surface area contributed by atoms with Gasteiger partial charge >= 0.3 is 6.18 Å². The molecule has 0 saturated heterocycles. The van der Waals surface area contributed by atoms with E-state index < -0.39 is 11.9 Å². The number of aliphatic imine (C=N–C) groups is 1. The largest absolute Gasteiger partial charge is 0.434 e. The van der Waals surface area contributed by atoms with Crippen LogP contribution >= 0.6 is 22.7 Å². The molecule has 0 amide bonds. The average molecular weight is 406 g/mol. The third kappa shape index (κ3) is 5.94. The summed E-state index contributed by atoms with van der Waals surface area (Å²) in [5, 5.41) is 10.6. The molecule has 0 radical (unpaired) electrons. The van der Waals surface area contributed by atoms with Gasteiger partial charge in [0.25, 0.3) is 0 Å². The molecule has 0 aliphatic carbocycles. The van der Waals surface area contributed by atoms with E-state index in [2.05, 4.69) is 51.7 Å². The number of nitrogens with one attached hydrogen (secondary N) is 2. The van der Waals surface area contributed by atoms with Crippen LogP contribution in [0, 0.1) is 0 Å². The van der Waals surface area contributed by atoms with E-state index in [1.54, 1.807) is 18.4 Å². The SMILES string of the molecule is CN=C(NCCc1nc(C(C)(C)C)cs1)NCc1nc(C(F)(F)F)cs1. The first-order valence-electron chi connectivity index (χ1n) is 8.00. The van der Waals surface area contributed by atoms with E-state index in [1.807, 2.05) is 0 Å². The van der Waals surface area contributed by atoms with Crippen molar-refractivity contribution in [1.29, 1.82) is 0 Å². The molecule has 0 atom stereocenters. The van der Waals surface area contributed by atoms with E-state index in [0.717, 1.165) is 33.8 Å². The molecule has 0 bridgehead atoms. The molecular weight excluding hydrogens is 383 g/mol. The molecule has 2 N–H and O–H groups in total. The van der Waals surface area contributed by atoms with Crippen LogP contribution in [0.15, 0.2) is 15.8 Å². The molecule has 0 aromatic carbocycles. The van der Waals surface area contributed by atoms with Gasteiger partial charge in [0.1, 0.15) is 5.01 Å². The number of guanidine groups is 1. The Bertz CT molecular complexity index is 744. The standard InChI is InChI=1S/C16H22F3N5S2/c1-15(2,3)10-8-25-12(23-10)5-6-21-14(20-4)22-7-13-24-11(9-26-13)16(17,18)19/h8-9H,5-7H2,1-4H3,(H2,20,21,22). The summed E-state index contributed by atoms with van der Waals surface area (Å²) in [6, 6.07) is 0. The molecule has 2 aromatic rings. The predicted molar refractivity (Wildman–Crippen MR) is 99.8 cm³/mol. The second-order valence-corrected chi connectivity index (χ2v) is 8.49. The van der Waals surface area contributed by atoms with E-state index >= 15 is 0 Å². The lowest BCUT2D eigenvalue weighted by atomic mass is 9.93. The Hall–Kier alpha value is -1.68. The monoisotopic (exact) mass is 405 g/mol. The van der Waals surface area contributed by atoms with Crippen LogP contribution in [0.2, 0.25) is 0 Å². The van der Waals surface area contributed by atoms with Gasteiger partial charge in [-0.25, -0.2) is 9.97 Å². The van der Waals surface area contributed by atoms with Crippen molar-refractivity contribution in [1.82, 2.24) is 20.6 Å². The Labute approximate surface area is 158 Å². The first-order chi connectivity index (χ1) is 12.1. The van der Waals surface area contributed by atoms with Gasteiger partial charge < -0.3 is 10.6 Å². The fraction of sp³-hybridized carbons (Fsp3) is 0.562. The number of rotatable bonds is 5. The van der Waals surface area contributed by atoms with Crippen LogP contribution in [0.1, 0.15) is 42.2 Å². The number of aromatic nitrogens is 2. The van der Waals surface area contributed by atoms with E-state index in [9.17, 15) is 13.2 Å². The molecule has 0 spiro atoms. The van der Waals surface area contributed by atoms with Crippen LogP contribution in [-0.4, -0.2) is 29.5 Å². The second-order valence-electron chi connectivity index (χ2n) is 6.60. The highest BCUT2D eigenvalue weighted by molar-refractivity contribution is 7.09. The third-order valence-corrected chi connectivity index (χ3v) is 5.18. The first kappa shape index (κ1) is 20.6. The van der Waals surface area contributed by atoms with Crippen LogP contribution < -0.4 is 10.6 Å². The number of hydrogen-bond acceptors (Lipinski definition) is 5. The van der Waals surface area contributed by atoms with E-state index in [1.165, 1.54) is 0 Å². The van der Waals surface area contributed by atoms with Crippen LogP contribution in [0.25, 0.3) is 0 Å². The van der Waals surface area contributed by atoms with Gasteiger partial charge in [0.2, 0.25) is 0 Å². The van der Waals surface area contributed by atoms with Crippen LogP contribution in [0.3, 0.4) is 0 Å². The molecular formula is C16H22F3N5S2. The Balaban J connectivity index is 1.79. The van der Waals surface area contributed by atoms with Gasteiger partial charge in [0, 0.05) is 36.2 Å². The van der Waals surface area contributed by atoms with Crippen molar-refractivity contribution in [3.63, 3.8) is 0 Å². The van der Waals surface area contributed by atoms with Gasteiger partial charge in [-0.15, -0.1) is 22.7 Å². The fourth-order valence-electron chi connectivity index (χ4n) is 1.96. The van der Waals surface area contributed by atoms with E-state index in [4.69, 9.17) is 0 Å². The maximum Gasteiger partial charge on any atom is 0.434 e. The molecule has 5 nitrogen and oxygen atoms in total. The molecule has 2 aromatic heterocycles. The molecule has 26 heavy (non-hydrogen) atoms. The van der Waals surface area contributed by atoms with Crippen molar-refractivity contribution in [2.75, 3.05) is 13.6 Å². The third-order valence-electron chi connectivity index (χ3n) is 3.42. The van der Waals surface area contributed by atoms with Gasteiger partial charge in [0.15, 0.2) is 11.7 Å². The molecule has 10 heteroatoms. The highest BCUT2D eigenvalue weighted by Gasteiger charge is 2.33. The molecule has 2 rings (SSSR count). The predicted octanol–water partition coefficient (Wildman–Crippen LogP) is 3.82. The van der Waals surface area contributed by atoms with Crippen LogP contribution in [0.5, 0.6) is 0 Å². The maximum absolute atomic E-state index is 12.6. The summed E-state index contributed by atoms with van der Waals surface area (Å²) < 4.78 is 37.7. The Morgan fingerprint density at radius 2 is 1.65 bits per heavy atom. The summed E-state index contributed by atoms with van der Waals surface area (Å²) in [6.07, 6.45) is -3.66. The zero-order valence-electron chi connectivity index (χ0n) is 15.1. The summed E-state index contributed by atoms with van der Waals surface area (Å²) in [5.74, 6) is 0.515. The van der Waals surface area contributed by atoms with Gasteiger partial charge in [-0.1, -0.05) is 20.8 Å². The maximum atomic E-state index is 12.6. The minimum absolute atomic E-state index is 0.0305. The molecule has 0 unspecified atom stereocenters. The van der Waals surface area contributed by atoms with Crippen molar-refractivity contribution >= 4 is 28.6 Å². The molecule has 0 fully saturated rings. The van der Waals surface area contributed by atoms with E-state index in [-0.39, 0.29) is 12.0 Å². The zero-order chi connectivity index (χ0) is 19.4. The van der Waals surface area contributed by atoms with Gasteiger partial charge in [0.05, 0.1) is 17.2 Å². The normalized spacial score (nSPS) is 13.1. The van der Waals surface area contributed by atoms with Gasteiger partial charge in [-0.3, -0.25) is 4.99 Å². The van der Waals surface area contributed by atoms with Gasteiger partial charge in [-0.05, 0) is 0 Å². The Kier molecular flexibility index (Phi) is 6.62. The first-order valence-corrected chi connectivity index (χ1v) is 9.76. The number of alkyl halides is 3. The minimum Gasteiger partial charge on any atom is -0.356 e. The zero-order valence-corrected chi connectivity index (χ0v) is 16.7. The lowest BCUT2D eigenvalue weighted by molar-refractivity contribution is -0.140. The molecule has 0 saturated carbocycles. The fourth-order valence-corrected chi connectivity index (χ4v) is 3.73. The molecule has 0 aliphatic heterocycles. The Morgan fingerprint density at radius 3 is 2.19 bits per heavy atom. The minimum atomic E-state index is -4.41. The lowest BCUT2D eigenvalue weighted by Crippen LogP contribution is -2.37. The van der Waals surface area contributed by atoms with Crippen molar-refractivity contribution in [2.24, 2.45) is 4.99 Å². The molecule has 2 heterocycles. The topological polar surface area (TPSA) is 62.2 Å². The summed E-state index contributed by atoms with van der Waals surface area (Å²) in [6.45, 7) is 7.18. The quantitative estimate of drug-likeness (QED) is 0.586. The highest BCUT2D eigenvalue weighted by atomic mass is 32.1. The van der Waals surface area contributed by atoms with Gasteiger partial charge in [-0.2, -0.15) is 13.2 Å². The summed E-state index contributed by atoms with van der Waals surface area (Å²) in [7, 11) is 1.61. The van der Waals surface area contributed by atoms with E-state index in [0.29, 0.717) is 17.5 Å². The molecule has 144 valence electrons.